The maximum Gasteiger partial charge on any atom is 0.331 e. The van der Waals surface area contributed by atoms with Crippen LogP contribution in [0.4, 0.5) is 5.69 Å². The van der Waals surface area contributed by atoms with E-state index in [0.29, 0.717) is 16.4 Å². The van der Waals surface area contributed by atoms with Crippen LogP contribution in [0.1, 0.15) is 17.7 Å². The second kappa shape index (κ2) is 10.4. The lowest BCUT2D eigenvalue weighted by atomic mass is 10.2. The second-order valence-electron chi connectivity index (χ2n) is 6.76. The highest BCUT2D eigenvalue weighted by Gasteiger charge is 2.17. The number of aryl methyl sites for hydroxylation is 1. The molecule has 6 nitrogen and oxygen atoms in total. The molecule has 1 aromatic heterocycles. The molecule has 156 valence electrons. The van der Waals surface area contributed by atoms with Gasteiger partial charge >= 0.3 is 5.97 Å². The number of hydrogen-bond acceptors (Lipinski definition) is 5. The van der Waals surface area contributed by atoms with E-state index in [-0.39, 0.29) is 13.0 Å². The number of anilines is 1. The number of fused-ring (bicyclic) bond motifs is 1. The van der Waals surface area contributed by atoms with Crippen molar-refractivity contribution in [2.45, 2.75) is 13.3 Å². The monoisotopic (exact) mass is 433 g/mol. The lowest BCUT2D eigenvalue weighted by Crippen LogP contribution is -2.35. The molecule has 0 spiro atoms. The van der Waals surface area contributed by atoms with Crippen LogP contribution in [0, 0.1) is 18.3 Å². The average molecular weight is 434 g/mol. The minimum absolute atomic E-state index is 0.148. The van der Waals surface area contributed by atoms with Crippen LogP contribution in [-0.4, -0.2) is 30.0 Å². The zero-order valence-electron chi connectivity index (χ0n) is 16.9. The normalized spacial score (nSPS) is 10.7. The van der Waals surface area contributed by atoms with Crippen LogP contribution in [-0.2, 0) is 14.3 Å². The fourth-order valence-corrected chi connectivity index (χ4v) is 3.06. The Labute approximate surface area is 185 Å². The predicted molar refractivity (Wildman–Crippen MR) is 121 cm³/mol. The summed E-state index contributed by atoms with van der Waals surface area (Å²) in [7, 11) is 0. The molecule has 0 fully saturated rings. The lowest BCUT2D eigenvalue weighted by Gasteiger charge is -2.22. The first kappa shape index (κ1) is 22.0. The van der Waals surface area contributed by atoms with E-state index in [4.69, 9.17) is 21.6 Å². The van der Waals surface area contributed by atoms with Crippen LogP contribution in [0.2, 0.25) is 5.02 Å². The Morgan fingerprint density at radius 3 is 2.77 bits per heavy atom. The third kappa shape index (κ3) is 5.91. The summed E-state index contributed by atoms with van der Waals surface area (Å²) in [4.78, 5) is 30.6. The highest BCUT2D eigenvalue weighted by Crippen LogP contribution is 2.23. The van der Waals surface area contributed by atoms with Gasteiger partial charge in [-0.05, 0) is 48.9 Å². The maximum atomic E-state index is 12.6. The zero-order chi connectivity index (χ0) is 22.2. The van der Waals surface area contributed by atoms with Crippen molar-refractivity contribution in [3.8, 4) is 6.07 Å². The molecule has 0 atom stereocenters. The fourth-order valence-electron chi connectivity index (χ4n) is 2.94. The van der Waals surface area contributed by atoms with Gasteiger partial charge in [-0.1, -0.05) is 35.9 Å². The number of carbonyl (C=O) groups is 2. The van der Waals surface area contributed by atoms with Crippen LogP contribution in [0.5, 0.6) is 0 Å². The van der Waals surface area contributed by atoms with Crippen molar-refractivity contribution in [3.05, 3.63) is 77.0 Å². The highest BCUT2D eigenvalue weighted by molar-refractivity contribution is 6.31. The van der Waals surface area contributed by atoms with Gasteiger partial charge in [-0.2, -0.15) is 5.26 Å². The molecule has 3 rings (SSSR count). The van der Waals surface area contributed by atoms with E-state index in [9.17, 15) is 9.59 Å². The van der Waals surface area contributed by atoms with Crippen molar-refractivity contribution in [1.82, 2.24) is 4.98 Å². The Kier molecular flexibility index (Phi) is 7.36. The number of nitrogens with zero attached hydrogens (tertiary/aromatic N) is 3. The van der Waals surface area contributed by atoms with Crippen molar-refractivity contribution in [2.75, 3.05) is 18.1 Å². The molecule has 3 aromatic rings. The van der Waals surface area contributed by atoms with Gasteiger partial charge in [-0.25, -0.2) is 9.78 Å². The number of aromatic nitrogens is 1. The Morgan fingerprint density at radius 2 is 2.00 bits per heavy atom. The number of ether oxygens (including phenoxy) is 1. The molecule has 0 aliphatic heterocycles. The Morgan fingerprint density at radius 1 is 1.19 bits per heavy atom. The molecule has 0 radical (unpaired) electrons. The van der Waals surface area contributed by atoms with Crippen molar-refractivity contribution in [3.63, 3.8) is 0 Å². The number of carbonyl (C=O) groups excluding carboxylic acids is 2. The number of esters is 1. The standard InChI is InChI=1S/C24H20ClN3O3/c1-17-15-20(10-11-21(17)25)28(14-4-13-26)23(29)16-31-24(30)12-9-19-8-7-18-5-2-3-6-22(18)27-19/h2-3,5-12,15H,4,14,16H2,1H3/b12-9+. The van der Waals surface area contributed by atoms with E-state index in [0.717, 1.165) is 16.5 Å². The van der Waals surface area contributed by atoms with E-state index < -0.39 is 18.5 Å². The van der Waals surface area contributed by atoms with Gasteiger partial charge in [0.2, 0.25) is 0 Å². The maximum absolute atomic E-state index is 12.6. The molecule has 0 N–H and O–H groups in total. The van der Waals surface area contributed by atoms with Gasteiger partial charge in [0.1, 0.15) is 0 Å². The summed E-state index contributed by atoms with van der Waals surface area (Å²) < 4.78 is 5.10. The number of rotatable bonds is 7. The molecule has 1 heterocycles. The van der Waals surface area contributed by atoms with Gasteiger partial charge in [0, 0.05) is 28.7 Å². The molecule has 0 unspecified atom stereocenters. The summed E-state index contributed by atoms with van der Waals surface area (Å²) >= 11 is 6.05. The predicted octanol–water partition coefficient (Wildman–Crippen LogP) is 4.70. The molecule has 0 saturated carbocycles. The van der Waals surface area contributed by atoms with E-state index in [1.165, 1.54) is 17.1 Å². The number of nitriles is 1. The molecule has 7 heteroatoms. The SMILES string of the molecule is Cc1cc(N(CCC#N)C(=O)COC(=O)/C=C/c2ccc3ccccc3n2)ccc1Cl. The number of pyridine rings is 1. The molecule has 31 heavy (non-hydrogen) atoms. The number of benzene rings is 2. The Hall–Kier alpha value is -3.69. The molecular weight excluding hydrogens is 414 g/mol. The van der Waals surface area contributed by atoms with Crippen molar-refractivity contribution in [2.24, 2.45) is 0 Å². The van der Waals surface area contributed by atoms with Gasteiger partial charge in [-0.15, -0.1) is 0 Å². The summed E-state index contributed by atoms with van der Waals surface area (Å²) in [6.45, 7) is 1.57. The number of hydrogen-bond donors (Lipinski definition) is 0. The Balaban J connectivity index is 1.63. The summed E-state index contributed by atoms with van der Waals surface area (Å²) in [5.74, 6) is -1.08. The summed E-state index contributed by atoms with van der Waals surface area (Å²) in [5, 5.41) is 10.5. The smallest absolute Gasteiger partial charge is 0.331 e. The first-order chi connectivity index (χ1) is 15.0. The van der Waals surface area contributed by atoms with Crippen LogP contribution in [0.15, 0.2) is 60.7 Å². The molecule has 0 bridgehead atoms. The average Bonchev–Trinajstić information content (AvgIpc) is 2.78. The molecular formula is C24H20ClN3O3. The van der Waals surface area contributed by atoms with Crippen molar-refractivity contribution in [1.29, 1.82) is 5.26 Å². The Bertz CT molecular complexity index is 1180. The molecule has 0 aliphatic carbocycles. The third-order valence-electron chi connectivity index (χ3n) is 4.55. The van der Waals surface area contributed by atoms with Gasteiger partial charge in [0.05, 0.1) is 23.7 Å². The third-order valence-corrected chi connectivity index (χ3v) is 4.97. The van der Waals surface area contributed by atoms with E-state index in [1.807, 2.05) is 43.3 Å². The summed E-state index contributed by atoms with van der Waals surface area (Å²) in [6, 6.07) is 18.5. The van der Waals surface area contributed by atoms with Gasteiger partial charge in [0.15, 0.2) is 6.61 Å². The summed E-state index contributed by atoms with van der Waals surface area (Å²) in [5.41, 5.74) is 2.82. The number of halogens is 1. The van der Waals surface area contributed by atoms with Crippen LogP contribution in [0.3, 0.4) is 0 Å². The van der Waals surface area contributed by atoms with E-state index in [1.54, 1.807) is 24.3 Å². The molecule has 0 saturated heterocycles. The van der Waals surface area contributed by atoms with E-state index in [2.05, 4.69) is 4.98 Å². The van der Waals surface area contributed by atoms with Gasteiger partial charge in [0.25, 0.3) is 5.91 Å². The molecule has 1 amide bonds. The first-order valence-electron chi connectivity index (χ1n) is 9.62. The van der Waals surface area contributed by atoms with Crippen molar-refractivity contribution >= 4 is 46.1 Å². The van der Waals surface area contributed by atoms with Gasteiger partial charge < -0.3 is 9.64 Å². The minimum Gasteiger partial charge on any atom is -0.452 e. The van der Waals surface area contributed by atoms with E-state index >= 15 is 0 Å². The zero-order valence-corrected chi connectivity index (χ0v) is 17.7. The lowest BCUT2D eigenvalue weighted by molar-refractivity contribution is -0.142. The molecule has 2 aromatic carbocycles. The van der Waals surface area contributed by atoms with Crippen molar-refractivity contribution < 1.29 is 14.3 Å². The van der Waals surface area contributed by atoms with Crippen LogP contribution in [0.25, 0.3) is 17.0 Å². The van der Waals surface area contributed by atoms with Crippen LogP contribution < -0.4 is 4.90 Å². The first-order valence-corrected chi connectivity index (χ1v) is 10.00. The number of para-hydroxylation sites is 1. The molecule has 0 aliphatic rings. The highest BCUT2D eigenvalue weighted by atomic mass is 35.5. The number of amides is 1. The topological polar surface area (TPSA) is 83.3 Å². The second-order valence-corrected chi connectivity index (χ2v) is 7.16. The fraction of sp³-hybridized carbons (Fsp3) is 0.167. The quantitative estimate of drug-likeness (QED) is 0.398. The van der Waals surface area contributed by atoms with Crippen LogP contribution >= 0.6 is 11.6 Å². The van der Waals surface area contributed by atoms with Gasteiger partial charge in [-0.3, -0.25) is 4.79 Å². The minimum atomic E-state index is -0.657. The summed E-state index contributed by atoms with van der Waals surface area (Å²) in [6.07, 6.45) is 2.92. The largest absolute Gasteiger partial charge is 0.452 e.